The van der Waals surface area contributed by atoms with Crippen LogP contribution < -0.4 is 10.6 Å². The minimum Gasteiger partial charge on any atom is -0.357 e. The zero-order valence-corrected chi connectivity index (χ0v) is 12.3. The highest BCUT2D eigenvalue weighted by molar-refractivity contribution is 5.39. The van der Waals surface area contributed by atoms with Gasteiger partial charge in [0.1, 0.15) is 5.82 Å². The van der Waals surface area contributed by atoms with Crippen molar-refractivity contribution in [3.8, 4) is 0 Å². The molecule has 20 heavy (non-hydrogen) atoms. The molecule has 0 unspecified atom stereocenters. The first-order valence-corrected chi connectivity index (χ1v) is 7.97. The molecule has 2 aliphatic rings. The molecule has 2 N–H and O–H groups in total. The van der Waals surface area contributed by atoms with Crippen LogP contribution in [-0.2, 0) is 6.54 Å². The van der Waals surface area contributed by atoms with Crippen LogP contribution in [-0.4, -0.2) is 42.6 Å². The summed E-state index contributed by atoms with van der Waals surface area (Å²) in [7, 11) is 0. The molecular weight excluding hydrogens is 248 g/mol. The molecule has 3 rings (SSSR count). The van der Waals surface area contributed by atoms with E-state index in [1.54, 1.807) is 0 Å². The standard InChI is InChI=1S/C16H26N4/c17-11-15-3-4-16(18-12-15)20-9-5-14(6-10-20)13-19-7-1-2-8-19/h3-4,12,14H,1-2,5-11,13,17H2. The predicted molar refractivity (Wildman–Crippen MR) is 82.7 cm³/mol. The molecule has 0 amide bonds. The van der Waals surface area contributed by atoms with E-state index in [9.17, 15) is 0 Å². The first-order chi connectivity index (χ1) is 9.85. The summed E-state index contributed by atoms with van der Waals surface area (Å²) < 4.78 is 0. The van der Waals surface area contributed by atoms with Gasteiger partial charge in [0, 0.05) is 32.4 Å². The summed E-state index contributed by atoms with van der Waals surface area (Å²) in [5, 5.41) is 0. The summed E-state index contributed by atoms with van der Waals surface area (Å²) in [5.41, 5.74) is 6.73. The van der Waals surface area contributed by atoms with Crippen LogP contribution >= 0.6 is 0 Å². The van der Waals surface area contributed by atoms with E-state index >= 15 is 0 Å². The molecule has 1 aromatic heterocycles. The number of aromatic nitrogens is 1. The largest absolute Gasteiger partial charge is 0.357 e. The van der Waals surface area contributed by atoms with Gasteiger partial charge >= 0.3 is 0 Å². The van der Waals surface area contributed by atoms with Crippen LogP contribution in [0.1, 0.15) is 31.2 Å². The van der Waals surface area contributed by atoms with Crippen molar-refractivity contribution in [2.24, 2.45) is 11.7 Å². The van der Waals surface area contributed by atoms with Gasteiger partial charge in [-0.05, 0) is 56.3 Å². The molecule has 0 spiro atoms. The minimum atomic E-state index is 0.575. The number of anilines is 1. The fraction of sp³-hybridized carbons (Fsp3) is 0.688. The van der Waals surface area contributed by atoms with Gasteiger partial charge in [0.25, 0.3) is 0 Å². The van der Waals surface area contributed by atoms with Crippen molar-refractivity contribution in [3.05, 3.63) is 23.9 Å². The maximum atomic E-state index is 5.62. The summed E-state index contributed by atoms with van der Waals surface area (Å²) >= 11 is 0. The normalized spacial score (nSPS) is 21.6. The number of likely N-dealkylation sites (tertiary alicyclic amines) is 1. The third-order valence-corrected chi connectivity index (χ3v) is 4.70. The number of nitrogens with zero attached hydrogens (tertiary/aromatic N) is 3. The predicted octanol–water partition coefficient (Wildman–Crippen LogP) is 1.85. The summed E-state index contributed by atoms with van der Waals surface area (Å²) in [6.45, 7) is 6.82. The number of nitrogens with two attached hydrogens (primary N) is 1. The third kappa shape index (κ3) is 3.30. The van der Waals surface area contributed by atoms with E-state index in [2.05, 4.69) is 26.9 Å². The SMILES string of the molecule is NCc1ccc(N2CCC(CN3CCCC3)CC2)nc1. The quantitative estimate of drug-likeness (QED) is 0.910. The van der Waals surface area contributed by atoms with E-state index in [0.29, 0.717) is 6.54 Å². The zero-order chi connectivity index (χ0) is 13.8. The molecule has 0 bridgehead atoms. The average Bonchev–Trinajstić information content (AvgIpc) is 3.01. The van der Waals surface area contributed by atoms with Crippen molar-refractivity contribution < 1.29 is 0 Å². The van der Waals surface area contributed by atoms with E-state index < -0.39 is 0 Å². The number of piperidine rings is 1. The molecule has 1 aromatic rings. The molecule has 0 saturated carbocycles. The van der Waals surface area contributed by atoms with Crippen LogP contribution in [0.3, 0.4) is 0 Å². The fourth-order valence-electron chi connectivity index (χ4n) is 3.40. The minimum absolute atomic E-state index is 0.575. The maximum absolute atomic E-state index is 5.62. The van der Waals surface area contributed by atoms with E-state index in [1.807, 2.05) is 6.20 Å². The van der Waals surface area contributed by atoms with Crippen LogP contribution in [0.5, 0.6) is 0 Å². The Bertz CT molecular complexity index is 403. The van der Waals surface area contributed by atoms with Crippen molar-refractivity contribution >= 4 is 5.82 Å². The van der Waals surface area contributed by atoms with E-state index in [4.69, 9.17) is 5.73 Å². The smallest absolute Gasteiger partial charge is 0.128 e. The molecule has 0 aliphatic carbocycles. The third-order valence-electron chi connectivity index (χ3n) is 4.70. The molecule has 0 aromatic carbocycles. The van der Waals surface area contributed by atoms with Gasteiger partial charge in [-0.1, -0.05) is 6.07 Å². The van der Waals surface area contributed by atoms with Crippen molar-refractivity contribution in [2.45, 2.75) is 32.2 Å². The van der Waals surface area contributed by atoms with Gasteiger partial charge in [-0.3, -0.25) is 0 Å². The molecule has 110 valence electrons. The molecule has 0 radical (unpaired) electrons. The van der Waals surface area contributed by atoms with Crippen molar-refractivity contribution in [1.29, 1.82) is 0 Å². The second-order valence-corrected chi connectivity index (χ2v) is 6.17. The topological polar surface area (TPSA) is 45.4 Å². The molecule has 3 heterocycles. The lowest BCUT2D eigenvalue weighted by atomic mass is 9.96. The second-order valence-electron chi connectivity index (χ2n) is 6.17. The molecular formula is C16H26N4. The van der Waals surface area contributed by atoms with E-state index in [1.165, 1.54) is 45.3 Å². The Morgan fingerprint density at radius 2 is 1.85 bits per heavy atom. The molecule has 4 nitrogen and oxygen atoms in total. The summed E-state index contributed by atoms with van der Waals surface area (Å²) in [6.07, 6.45) is 7.31. The number of pyridine rings is 1. The monoisotopic (exact) mass is 274 g/mol. The lowest BCUT2D eigenvalue weighted by Gasteiger charge is -2.34. The van der Waals surface area contributed by atoms with Gasteiger partial charge < -0.3 is 15.5 Å². The Morgan fingerprint density at radius 1 is 1.10 bits per heavy atom. The molecule has 0 atom stereocenters. The van der Waals surface area contributed by atoms with Crippen LogP contribution in [0.4, 0.5) is 5.82 Å². The van der Waals surface area contributed by atoms with Gasteiger partial charge in [0.2, 0.25) is 0 Å². The highest BCUT2D eigenvalue weighted by Gasteiger charge is 2.23. The van der Waals surface area contributed by atoms with E-state index in [-0.39, 0.29) is 0 Å². The van der Waals surface area contributed by atoms with Crippen LogP contribution in [0.25, 0.3) is 0 Å². The van der Waals surface area contributed by atoms with Gasteiger partial charge in [0.15, 0.2) is 0 Å². The fourth-order valence-corrected chi connectivity index (χ4v) is 3.40. The lowest BCUT2D eigenvalue weighted by Crippen LogP contribution is -2.38. The van der Waals surface area contributed by atoms with Crippen LogP contribution in [0.15, 0.2) is 18.3 Å². The van der Waals surface area contributed by atoms with Gasteiger partial charge in [-0.25, -0.2) is 4.98 Å². The summed E-state index contributed by atoms with van der Waals surface area (Å²) in [6, 6.07) is 4.21. The number of hydrogen-bond acceptors (Lipinski definition) is 4. The Morgan fingerprint density at radius 3 is 2.45 bits per heavy atom. The first kappa shape index (κ1) is 13.8. The number of hydrogen-bond donors (Lipinski definition) is 1. The summed E-state index contributed by atoms with van der Waals surface area (Å²) in [5.74, 6) is 1.99. The molecule has 2 aliphatic heterocycles. The van der Waals surface area contributed by atoms with Crippen LogP contribution in [0, 0.1) is 5.92 Å². The van der Waals surface area contributed by atoms with Gasteiger partial charge in [-0.2, -0.15) is 0 Å². The molecule has 2 fully saturated rings. The van der Waals surface area contributed by atoms with Crippen molar-refractivity contribution in [3.63, 3.8) is 0 Å². The highest BCUT2D eigenvalue weighted by atomic mass is 15.2. The van der Waals surface area contributed by atoms with Crippen molar-refractivity contribution in [1.82, 2.24) is 9.88 Å². The Kier molecular flexibility index (Phi) is 4.53. The van der Waals surface area contributed by atoms with Crippen LogP contribution in [0.2, 0.25) is 0 Å². The maximum Gasteiger partial charge on any atom is 0.128 e. The molecule has 2 saturated heterocycles. The summed E-state index contributed by atoms with van der Waals surface area (Å²) in [4.78, 5) is 9.60. The van der Waals surface area contributed by atoms with Gasteiger partial charge in [-0.15, -0.1) is 0 Å². The van der Waals surface area contributed by atoms with Gasteiger partial charge in [0.05, 0.1) is 0 Å². The number of rotatable bonds is 4. The highest BCUT2D eigenvalue weighted by Crippen LogP contribution is 2.23. The Hall–Kier alpha value is -1.13. The lowest BCUT2D eigenvalue weighted by molar-refractivity contribution is 0.249. The van der Waals surface area contributed by atoms with E-state index in [0.717, 1.165) is 30.4 Å². The Balaban J connectivity index is 1.49. The zero-order valence-electron chi connectivity index (χ0n) is 12.3. The van der Waals surface area contributed by atoms with Crippen molar-refractivity contribution in [2.75, 3.05) is 37.6 Å². The average molecular weight is 274 g/mol. The Labute approximate surface area is 122 Å². The molecule has 4 heteroatoms. The first-order valence-electron chi connectivity index (χ1n) is 7.97. The second kappa shape index (κ2) is 6.55.